The summed E-state index contributed by atoms with van der Waals surface area (Å²) in [5.74, 6) is -0.0327. The van der Waals surface area contributed by atoms with Gasteiger partial charge in [-0.1, -0.05) is 74.1 Å². The third-order valence-corrected chi connectivity index (χ3v) is 8.59. The Morgan fingerprint density at radius 1 is 0.867 bits per heavy atom. The fraction of sp³-hybridized carbons (Fsp3) is 0.324. The third-order valence-electron chi connectivity index (χ3n) is 7.64. The van der Waals surface area contributed by atoms with Crippen molar-refractivity contribution < 1.29 is 22.4 Å². The van der Waals surface area contributed by atoms with Gasteiger partial charge in [-0.3, -0.25) is 9.59 Å². The third kappa shape index (κ3) is 9.51. The van der Waals surface area contributed by atoms with Gasteiger partial charge in [-0.15, -0.1) is 0 Å². The highest BCUT2D eigenvalue weighted by molar-refractivity contribution is 7.98. The highest BCUT2D eigenvalue weighted by Gasteiger charge is 2.30. The maximum atomic E-state index is 13.7. The predicted molar refractivity (Wildman–Crippen MR) is 169 cm³/mol. The van der Waals surface area contributed by atoms with Crippen LogP contribution < -0.4 is 5.56 Å². The van der Waals surface area contributed by atoms with Crippen LogP contribution in [0, 0.1) is 12.7 Å². The lowest BCUT2D eigenvalue weighted by atomic mass is 10.0. The van der Waals surface area contributed by atoms with E-state index in [1.807, 2.05) is 24.3 Å². The van der Waals surface area contributed by atoms with Crippen molar-refractivity contribution in [2.75, 3.05) is 26.2 Å². The van der Waals surface area contributed by atoms with E-state index in [0.717, 1.165) is 41.9 Å². The number of hydrogen-bond donors (Lipinski definition) is 1. The van der Waals surface area contributed by atoms with Crippen LogP contribution in [0.4, 0.5) is 17.6 Å². The number of carbonyl (C=O) groups excluding carboxylic acids is 1. The molecule has 0 saturated heterocycles. The summed E-state index contributed by atoms with van der Waals surface area (Å²) in [6.07, 6.45) is -4.45. The van der Waals surface area contributed by atoms with Crippen LogP contribution in [0.3, 0.4) is 0 Å². The number of H-pyrrole nitrogens is 1. The summed E-state index contributed by atoms with van der Waals surface area (Å²) >= 11 is 1.30. The normalized spacial score (nSPS) is 11.6. The number of aromatic amines is 1. The number of nitrogens with zero attached hydrogens (tertiary/aromatic N) is 3. The second-order valence-electron chi connectivity index (χ2n) is 10.6. The number of thioether (sulfide) groups is 1. The lowest BCUT2D eigenvalue weighted by Crippen LogP contribution is -2.39. The lowest BCUT2D eigenvalue weighted by molar-refractivity contribution is -0.137. The molecule has 6 nitrogen and oxygen atoms in total. The van der Waals surface area contributed by atoms with E-state index >= 15 is 0 Å². The van der Waals surface area contributed by atoms with Crippen molar-refractivity contribution in [3.05, 3.63) is 117 Å². The maximum absolute atomic E-state index is 13.7. The Kier molecular flexibility index (Phi) is 11.6. The summed E-state index contributed by atoms with van der Waals surface area (Å²) in [4.78, 5) is 37.8. The number of nitrogens with one attached hydrogen (secondary N) is 1. The number of likely N-dealkylation sites (N-methyl/N-ethyl adjacent to an activating group) is 1. The van der Waals surface area contributed by atoms with Crippen LogP contribution in [-0.4, -0.2) is 51.9 Å². The number of halogens is 4. The standard InChI is InChI=1S/C34H36F4N4O2S/c1-4-41(5-2)18-19-42(21-24-6-10-26(11-7-24)27-12-14-28(15-13-27)34(36,37)38)31(43)20-30-23(3)32(44)40-33(39-30)45-22-25-8-16-29(35)17-9-25/h6-17H,4-5,18-22H2,1-3H3,(H,39,40,44). The molecule has 238 valence electrons. The molecule has 11 heteroatoms. The monoisotopic (exact) mass is 640 g/mol. The van der Waals surface area contributed by atoms with Crippen molar-refractivity contribution in [3.63, 3.8) is 0 Å². The quantitative estimate of drug-likeness (QED) is 0.0959. The SMILES string of the molecule is CCN(CC)CCN(Cc1ccc(-c2ccc(C(F)(F)F)cc2)cc1)C(=O)Cc1nc(SCc2ccc(F)cc2)[nH]c(=O)c1C. The second kappa shape index (κ2) is 15.4. The summed E-state index contributed by atoms with van der Waals surface area (Å²) in [6.45, 7) is 8.89. The fourth-order valence-corrected chi connectivity index (χ4v) is 5.59. The van der Waals surface area contributed by atoms with Gasteiger partial charge >= 0.3 is 6.18 Å². The van der Waals surface area contributed by atoms with Crippen LogP contribution in [0.2, 0.25) is 0 Å². The molecule has 3 aromatic carbocycles. The Balaban J connectivity index is 1.50. The number of amides is 1. The van der Waals surface area contributed by atoms with E-state index in [1.54, 1.807) is 24.0 Å². The van der Waals surface area contributed by atoms with Gasteiger partial charge in [-0.05, 0) is 66.5 Å². The van der Waals surface area contributed by atoms with Crippen LogP contribution >= 0.6 is 11.8 Å². The van der Waals surface area contributed by atoms with E-state index in [-0.39, 0.29) is 23.7 Å². The molecule has 4 rings (SSSR count). The van der Waals surface area contributed by atoms with E-state index in [2.05, 4.69) is 28.7 Å². The van der Waals surface area contributed by atoms with E-state index in [0.29, 0.717) is 47.4 Å². The number of alkyl halides is 3. The molecule has 0 atom stereocenters. The van der Waals surface area contributed by atoms with Crippen LogP contribution in [0.1, 0.15) is 41.8 Å². The van der Waals surface area contributed by atoms with Gasteiger partial charge in [0.1, 0.15) is 5.82 Å². The van der Waals surface area contributed by atoms with Crippen molar-refractivity contribution in [2.45, 2.75) is 50.8 Å². The first kappa shape index (κ1) is 33.9. The largest absolute Gasteiger partial charge is 0.416 e. The molecule has 0 aliphatic carbocycles. The first-order chi connectivity index (χ1) is 21.5. The molecular weight excluding hydrogens is 604 g/mol. The Morgan fingerprint density at radius 3 is 2.02 bits per heavy atom. The van der Waals surface area contributed by atoms with Gasteiger partial charge in [0.05, 0.1) is 17.7 Å². The average Bonchev–Trinajstić information content (AvgIpc) is 3.03. The zero-order valence-electron chi connectivity index (χ0n) is 25.5. The molecule has 0 spiro atoms. The van der Waals surface area contributed by atoms with E-state index in [1.165, 1.54) is 36.0 Å². The van der Waals surface area contributed by atoms with Crippen LogP contribution in [0.25, 0.3) is 11.1 Å². The molecule has 4 aromatic rings. The number of benzene rings is 3. The maximum Gasteiger partial charge on any atom is 0.416 e. The minimum Gasteiger partial charge on any atom is -0.337 e. The minimum atomic E-state index is -4.39. The van der Waals surface area contributed by atoms with Crippen molar-refractivity contribution in [3.8, 4) is 11.1 Å². The number of carbonyl (C=O) groups is 1. The molecule has 0 bridgehead atoms. The number of aromatic nitrogens is 2. The molecule has 1 N–H and O–H groups in total. The van der Waals surface area contributed by atoms with Gasteiger partial charge < -0.3 is 14.8 Å². The van der Waals surface area contributed by atoms with Gasteiger partial charge in [-0.25, -0.2) is 9.37 Å². The van der Waals surface area contributed by atoms with Crippen LogP contribution in [0.5, 0.6) is 0 Å². The Morgan fingerprint density at radius 2 is 1.44 bits per heavy atom. The van der Waals surface area contributed by atoms with Crippen molar-refractivity contribution in [1.82, 2.24) is 19.8 Å². The number of hydrogen-bond acceptors (Lipinski definition) is 5. The summed E-state index contributed by atoms with van der Waals surface area (Å²) < 4.78 is 52.1. The number of rotatable bonds is 13. The van der Waals surface area contributed by atoms with Gasteiger partial charge in [0.15, 0.2) is 5.16 Å². The van der Waals surface area contributed by atoms with Gasteiger partial charge in [0.25, 0.3) is 5.56 Å². The molecule has 0 unspecified atom stereocenters. The minimum absolute atomic E-state index is 0.0538. The van der Waals surface area contributed by atoms with Gasteiger partial charge in [0.2, 0.25) is 5.91 Å². The molecule has 0 aliphatic heterocycles. The summed E-state index contributed by atoms with van der Waals surface area (Å²) in [6, 6.07) is 18.5. The molecule has 45 heavy (non-hydrogen) atoms. The zero-order chi connectivity index (χ0) is 32.6. The van der Waals surface area contributed by atoms with Crippen molar-refractivity contribution in [2.24, 2.45) is 0 Å². The topological polar surface area (TPSA) is 69.3 Å². The molecule has 0 radical (unpaired) electrons. The Labute approximate surface area is 264 Å². The predicted octanol–water partition coefficient (Wildman–Crippen LogP) is 7.11. The van der Waals surface area contributed by atoms with Crippen molar-refractivity contribution >= 4 is 17.7 Å². The molecule has 1 aromatic heterocycles. The summed E-state index contributed by atoms with van der Waals surface area (Å²) in [5, 5.41) is 0.381. The Hall–Kier alpha value is -3.96. The lowest BCUT2D eigenvalue weighted by Gasteiger charge is -2.27. The molecule has 1 heterocycles. The van der Waals surface area contributed by atoms with Crippen molar-refractivity contribution in [1.29, 1.82) is 0 Å². The average molecular weight is 641 g/mol. The first-order valence-corrected chi connectivity index (χ1v) is 15.7. The highest BCUT2D eigenvalue weighted by Crippen LogP contribution is 2.31. The highest BCUT2D eigenvalue weighted by atomic mass is 32.2. The Bertz CT molecular complexity index is 1620. The molecular formula is C34H36F4N4O2S. The van der Waals surface area contributed by atoms with Crippen LogP contribution in [-0.2, 0) is 29.7 Å². The summed E-state index contributed by atoms with van der Waals surface area (Å²) in [5.41, 5.74) is 2.92. The second-order valence-corrected chi connectivity index (χ2v) is 11.6. The summed E-state index contributed by atoms with van der Waals surface area (Å²) in [7, 11) is 0. The molecule has 0 saturated carbocycles. The fourth-order valence-electron chi connectivity index (χ4n) is 4.75. The van der Waals surface area contributed by atoms with Gasteiger partial charge in [-0.2, -0.15) is 13.2 Å². The van der Waals surface area contributed by atoms with Crippen LogP contribution in [0.15, 0.2) is 82.7 Å². The van der Waals surface area contributed by atoms with E-state index < -0.39 is 11.7 Å². The zero-order valence-corrected chi connectivity index (χ0v) is 26.3. The molecule has 0 aliphatic rings. The molecule has 1 amide bonds. The van der Waals surface area contributed by atoms with E-state index in [4.69, 9.17) is 0 Å². The smallest absolute Gasteiger partial charge is 0.337 e. The first-order valence-electron chi connectivity index (χ1n) is 14.7. The molecule has 0 fully saturated rings. The van der Waals surface area contributed by atoms with Gasteiger partial charge in [0, 0.05) is 31.0 Å². The van der Waals surface area contributed by atoms with E-state index in [9.17, 15) is 27.2 Å².